The van der Waals surface area contributed by atoms with Crippen LogP contribution in [0.15, 0.2) is 78.9 Å². The molecule has 1 aliphatic heterocycles. The Morgan fingerprint density at radius 2 is 1.59 bits per heavy atom. The predicted octanol–water partition coefficient (Wildman–Crippen LogP) is 4.83. The van der Waals surface area contributed by atoms with Crippen molar-refractivity contribution in [2.75, 3.05) is 24.4 Å². The minimum Gasteiger partial charge on any atom is -0.497 e. The number of nitrogens with one attached hydrogen (secondary N) is 1. The molecule has 1 aliphatic rings. The summed E-state index contributed by atoms with van der Waals surface area (Å²) in [6, 6.07) is 23.7. The van der Waals surface area contributed by atoms with Gasteiger partial charge in [0, 0.05) is 23.4 Å². The maximum absolute atomic E-state index is 13.4. The van der Waals surface area contributed by atoms with E-state index in [1.165, 1.54) is 0 Å². The lowest BCUT2D eigenvalue weighted by Gasteiger charge is -2.41. The second-order valence-corrected chi connectivity index (χ2v) is 7.65. The van der Waals surface area contributed by atoms with Crippen molar-refractivity contribution in [2.24, 2.45) is 5.92 Å². The SMILES string of the molecule is COc1ccc(N2C(=O)CC[C@@H](C(=O)Nc3ccccc3)[C@H]2c2ccccc2OC)cc1. The fourth-order valence-electron chi connectivity index (χ4n) is 4.24. The first kappa shape index (κ1) is 21.4. The monoisotopic (exact) mass is 430 g/mol. The third kappa shape index (κ3) is 4.30. The first-order chi connectivity index (χ1) is 15.6. The van der Waals surface area contributed by atoms with Gasteiger partial charge in [-0.2, -0.15) is 0 Å². The second-order valence-electron chi connectivity index (χ2n) is 7.65. The van der Waals surface area contributed by atoms with E-state index < -0.39 is 12.0 Å². The van der Waals surface area contributed by atoms with Gasteiger partial charge in [-0.1, -0.05) is 36.4 Å². The van der Waals surface area contributed by atoms with Crippen LogP contribution in [0.4, 0.5) is 11.4 Å². The van der Waals surface area contributed by atoms with Crippen LogP contribution in [-0.2, 0) is 9.59 Å². The molecule has 3 aromatic carbocycles. The van der Waals surface area contributed by atoms with Crippen molar-refractivity contribution in [3.05, 3.63) is 84.4 Å². The highest BCUT2D eigenvalue weighted by atomic mass is 16.5. The summed E-state index contributed by atoms with van der Waals surface area (Å²) in [4.78, 5) is 28.3. The van der Waals surface area contributed by atoms with Crippen LogP contribution in [0.2, 0.25) is 0 Å². The van der Waals surface area contributed by atoms with Gasteiger partial charge in [0.2, 0.25) is 11.8 Å². The van der Waals surface area contributed by atoms with Crippen molar-refractivity contribution in [3.63, 3.8) is 0 Å². The third-order valence-corrected chi connectivity index (χ3v) is 5.78. The van der Waals surface area contributed by atoms with Gasteiger partial charge in [-0.15, -0.1) is 0 Å². The summed E-state index contributed by atoms with van der Waals surface area (Å²) in [5.41, 5.74) is 2.24. The van der Waals surface area contributed by atoms with E-state index in [2.05, 4.69) is 5.32 Å². The molecule has 1 saturated heterocycles. The molecule has 0 aromatic heterocycles. The van der Waals surface area contributed by atoms with Crippen LogP contribution in [0.3, 0.4) is 0 Å². The molecule has 3 aromatic rings. The number of anilines is 2. The maximum Gasteiger partial charge on any atom is 0.229 e. The Morgan fingerprint density at radius 3 is 2.28 bits per heavy atom. The summed E-state index contributed by atoms with van der Waals surface area (Å²) in [6.07, 6.45) is 0.734. The minimum absolute atomic E-state index is 0.0326. The summed E-state index contributed by atoms with van der Waals surface area (Å²) in [5, 5.41) is 3.02. The van der Waals surface area contributed by atoms with Crippen LogP contribution >= 0.6 is 0 Å². The number of hydrogen-bond acceptors (Lipinski definition) is 4. The molecule has 2 atom stereocenters. The number of nitrogens with zero attached hydrogens (tertiary/aromatic N) is 1. The average Bonchev–Trinajstić information content (AvgIpc) is 2.84. The number of para-hydroxylation sites is 2. The summed E-state index contributed by atoms with van der Waals surface area (Å²) < 4.78 is 10.9. The Balaban J connectivity index is 1.77. The van der Waals surface area contributed by atoms with Crippen molar-refractivity contribution < 1.29 is 19.1 Å². The van der Waals surface area contributed by atoms with Crippen LogP contribution in [0, 0.1) is 5.92 Å². The van der Waals surface area contributed by atoms with Gasteiger partial charge in [-0.3, -0.25) is 9.59 Å². The third-order valence-electron chi connectivity index (χ3n) is 5.78. The molecule has 2 amide bonds. The Hall–Kier alpha value is -3.80. The smallest absolute Gasteiger partial charge is 0.229 e. The Bertz CT molecular complexity index is 1080. The van der Waals surface area contributed by atoms with E-state index in [1.54, 1.807) is 19.1 Å². The number of piperidine rings is 1. The number of carbonyl (C=O) groups is 2. The van der Waals surface area contributed by atoms with E-state index in [0.29, 0.717) is 23.6 Å². The molecule has 0 unspecified atom stereocenters. The van der Waals surface area contributed by atoms with Crippen LogP contribution < -0.4 is 19.7 Å². The van der Waals surface area contributed by atoms with Gasteiger partial charge >= 0.3 is 0 Å². The molecule has 0 aliphatic carbocycles. The Kier molecular flexibility index (Phi) is 6.40. The van der Waals surface area contributed by atoms with Gasteiger partial charge in [-0.25, -0.2) is 0 Å². The van der Waals surface area contributed by atoms with E-state index in [1.807, 2.05) is 78.9 Å². The first-order valence-electron chi connectivity index (χ1n) is 10.6. The van der Waals surface area contributed by atoms with Gasteiger partial charge < -0.3 is 19.7 Å². The molecular weight excluding hydrogens is 404 g/mol. The summed E-state index contributed by atoms with van der Waals surface area (Å²) in [7, 11) is 3.20. The lowest BCUT2D eigenvalue weighted by molar-refractivity contribution is -0.125. The average molecular weight is 431 g/mol. The molecule has 4 rings (SSSR count). The standard InChI is InChI=1S/C26H26N2O4/c1-31-20-14-12-19(13-15-20)28-24(29)17-16-22(26(30)27-18-8-4-3-5-9-18)25(28)21-10-6-7-11-23(21)32-2/h3-15,22,25H,16-17H2,1-2H3,(H,27,30)/t22-,25-/m1/s1. The highest BCUT2D eigenvalue weighted by Crippen LogP contribution is 2.43. The minimum atomic E-state index is -0.510. The zero-order valence-corrected chi connectivity index (χ0v) is 18.2. The molecule has 164 valence electrons. The highest BCUT2D eigenvalue weighted by molar-refractivity contribution is 6.00. The summed E-state index contributed by atoms with van der Waals surface area (Å²) >= 11 is 0. The molecule has 1 heterocycles. The van der Waals surface area contributed by atoms with Crippen LogP contribution in [0.25, 0.3) is 0 Å². The quantitative estimate of drug-likeness (QED) is 0.608. The molecule has 6 heteroatoms. The molecule has 0 spiro atoms. The van der Waals surface area contributed by atoms with Gasteiger partial charge in [-0.05, 0) is 48.9 Å². The van der Waals surface area contributed by atoms with Crippen LogP contribution in [-0.4, -0.2) is 26.0 Å². The van der Waals surface area contributed by atoms with Crippen molar-refractivity contribution in [2.45, 2.75) is 18.9 Å². The molecule has 0 radical (unpaired) electrons. The predicted molar refractivity (Wildman–Crippen MR) is 124 cm³/mol. The van der Waals surface area contributed by atoms with Crippen molar-refractivity contribution in [1.82, 2.24) is 0 Å². The second kappa shape index (κ2) is 9.56. The highest BCUT2D eigenvalue weighted by Gasteiger charge is 2.42. The molecule has 6 nitrogen and oxygen atoms in total. The number of methoxy groups -OCH3 is 2. The fraction of sp³-hybridized carbons (Fsp3) is 0.231. The Morgan fingerprint density at radius 1 is 0.906 bits per heavy atom. The molecule has 0 bridgehead atoms. The van der Waals surface area contributed by atoms with Gasteiger partial charge in [0.1, 0.15) is 11.5 Å². The van der Waals surface area contributed by atoms with E-state index in [9.17, 15) is 9.59 Å². The topological polar surface area (TPSA) is 67.9 Å². The summed E-state index contributed by atoms with van der Waals surface area (Å²) in [5.74, 6) is 0.730. The number of hydrogen-bond donors (Lipinski definition) is 1. The molecule has 0 saturated carbocycles. The molecular formula is C26H26N2O4. The van der Waals surface area contributed by atoms with E-state index >= 15 is 0 Å². The lowest BCUT2D eigenvalue weighted by Crippen LogP contribution is -2.47. The van der Waals surface area contributed by atoms with Gasteiger partial charge in [0.25, 0.3) is 0 Å². The van der Waals surface area contributed by atoms with E-state index in [4.69, 9.17) is 9.47 Å². The fourth-order valence-corrected chi connectivity index (χ4v) is 4.24. The van der Waals surface area contributed by atoms with E-state index in [0.717, 1.165) is 11.3 Å². The summed E-state index contributed by atoms with van der Waals surface area (Å²) in [6.45, 7) is 0. The van der Waals surface area contributed by atoms with Crippen LogP contribution in [0.5, 0.6) is 11.5 Å². The number of carbonyl (C=O) groups excluding carboxylic acids is 2. The molecule has 1 fully saturated rings. The van der Waals surface area contributed by atoms with Gasteiger partial charge in [0.15, 0.2) is 0 Å². The number of amides is 2. The molecule has 1 N–H and O–H groups in total. The maximum atomic E-state index is 13.4. The number of rotatable bonds is 6. The van der Waals surface area contributed by atoms with E-state index in [-0.39, 0.29) is 18.2 Å². The molecule has 32 heavy (non-hydrogen) atoms. The lowest BCUT2D eigenvalue weighted by atomic mass is 9.82. The number of benzene rings is 3. The van der Waals surface area contributed by atoms with Crippen molar-refractivity contribution in [3.8, 4) is 11.5 Å². The van der Waals surface area contributed by atoms with Crippen molar-refractivity contribution in [1.29, 1.82) is 0 Å². The first-order valence-corrected chi connectivity index (χ1v) is 10.6. The van der Waals surface area contributed by atoms with Crippen molar-refractivity contribution >= 4 is 23.2 Å². The van der Waals surface area contributed by atoms with Gasteiger partial charge in [0.05, 0.1) is 26.2 Å². The normalized spacial score (nSPS) is 18.2. The largest absolute Gasteiger partial charge is 0.497 e. The zero-order valence-electron chi connectivity index (χ0n) is 18.2. The number of ether oxygens (including phenoxy) is 2. The Labute approximate surface area is 187 Å². The zero-order chi connectivity index (χ0) is 22.5. The van der Waals surface area contributed by atoms with Crippen LogP contribution in [0.1, 0.15) is 24.4 Å².